The summed E-state index contributed by atoms with van der Waals surface area (Å²) in [4.78, 5) is 12.2. The molecule has 2 rings (SSSR count). The van der Waals surface area contributed by atoms with E-state index in [1.807, 2.05) is 11.8 Å². The van der Waals surface area contributed by atoms with Crippen LogP contribution in [-0.2, 0) is 4.79 Å². The lowest BCUT2D eigenvalue weighted by molar-refractivity contribution is -0.126. The van der Waals surface area contributed by atoms with E-state index in [-0.39, 0.29) is 11.8 Å². The van der Waals surface area contributed by atoms with Crippen molar-refractivity contribution < 1.29 is 4.79 Å². The lowest BCUT2D eigenvalue weighted by Crippen LogP contribution is -2.45. The van der Waals surface area contributed by atoms with Crippen molar-refractivity contribution >= 4 is 17.7 Å². The van der Waals surface area contributed by atoms with Gasteiger partial charge in [0.2, 0.25) is 5.91 Å². The Morgan fingerprint density at radius 3 is 2.78 bits per heavy atom. The van der Waals surface area contributed by atoms with Gasteiger partial charge in [-0.3, -0.25) is 4.79 Å². The summed E-state index contributed by atoms with van der Waals surface area (Å²) in [5.41, 5.74) is 0. The monoisotopic (exact) mass is 270 g/mol. The van der Waals surface area contributed by atoms with E-state index in [1.165, 1.54) is 25.7 Å². The van der Waals surface area contributed by atoms with Gasteiger partial charge < -0.3 is 10.6 Å². The maximum absolute atomic E-state index is 12.2. The molecule has 0 aromatic heterocycles. The van der Waals surface area contributed by atoms with E-state index in [4.69, 9.17) is 0 Å². The predicted octanol–water partition coefficient (Wildman–Crippen LogP) is 2.17. The number of rotatable bonds is 4. The Hall–Kier alpha value is -0.220. The highest BCUT2D eigenvalue weighted by molar-refractivity contribution is 8.00. The van der Waals surface area contributed by atoms with Gasteiger partial charge >= 0.3 is 0 Å². The molecule has 2 aliphatic rings. The fourth-order valence-electron chi connectivity index (χ4n) is 3.24. The molecule has 0 spiro atoms. The third-order valence-electron chi connectivity index (χ3n) is 4.53. The number of hydrogen-bond acceptors (Lipinski definition) is 3. The van der Waals surface area contributed by atoms with E-state index in [9.17, 15) is 4.79 Å². The van der Waals surface area contributed by atoms with Crippen LogP contribution >= 0.6 is 11.8 Å². The molecule has 0 aromatic rings. The molecule has 0 radical (unpaired) electrons. The second kappa shape index (κ2) is 6.29. The summed E-state index contributed by atoms with van der Waals surface area (Å²) in [5.74, 6) is 0.505. The average molecular weight is 270 g/mol. The van der Waals surface area contributed by atoms with Gasteiger partial charge in [-0.05, 0) is 45.4 Å². The van der Waals surface area contributed by atoms with E-state index >= 15 is 0 Å². The molecular formula is C14H26N2OS. The number of carbonyl (C=O) groups excluding carboxylic acids is 1. The molecule has 2 fully saturated rings. The van der Waals surface area contributed by atoms with Crippen LogP contribution < -0.4 is 10.6 Å². The molecule has 104 valence electrons. The van der Waals surface area contributed by atoms with Crippen molar-refractivity contribution in [1.82, 2.24) is 10.6 Å². The summed E-state index contributed by atoms with van der Waals surface area (Å²) in [6.45, 7) is 4.01. The molecule has 4 heteroatoms. The van der Waals surface area contributed by atoms with Gasteiger partial charge in [0.25, 0.3) is 0 Å². The number of nitrogens with one attached hydrogen (secondary N) is 2. The zero-order valence-electron chi connectivity index (χ0n) is 11.6. The Morgan fingerprint density at radius 2 is 2.17 bits per heavy atom. The van der Waals surface area contributed by atoms with E-state index in [2.05, 4.69) is 23.8 Å². The van der Waals surface area contributed by atoms with Crippen molar-refractivity contribution in [2.24, 2.45) is 5.92 Å². The summed E-state index contributed by atoms with van der Waals surface area (Å²) >= 11 is 1.94. The standard InChI is InChI=1S/C14H26N2OS/c1-11-9-12(5-8-15-11)13(17)16-10-14(18-2)6-3-4-7-14/h11-12,15H,3-10H2,1-2H3,(H,16,17). The molecule has 1 aliphatic carbocycles. The van der Waals surface area contributed by atoms with Crippen LogP contribution in [0.2, 0.25) is 0 Å². The molecule has 3 nitrogen and oxygen atoms in total. The highest BCUT2D eigenvalue weighted by Crippen LogP contribution is 2.39. The van der Waals surface area contributed by atoms with Gasteiger partial charge in [0.1, 0.15) is 0 Å². The first-order chi connectivity index (χ1) is 8.65. The topological polar surface area (TPSA) is 41.1 Å². The molecule has 1 saturated carbocycles. The second-order valence-electron chi connectivity index (χ2n) is 5.89. The molecule has 18 heavy (non-hydrogen) atoms. The van der Waals surface area contributed by atoms with Crippen LogP contribution in [0.15, 0.2) is 0 Å². The van der Waals surface area contributed by atoms with Gasteiger partial charge in [-0.25, -0.2) is 0 Å². The summed E-state index contributed by atoms with van der Waals surface area (Å²) < 4.78 is 0.328. The SMILES string of the molecule is CSC1(CNC(=O)C2CCNC(C)C2)CCCC1. The van der Waals surface area contributed by atoms with Crippen molar-refractivity contribution in [3.63, 3.8) is 0 Å². The number of amides is 1. The minimum absolute atomic E-state index is 0.224. The summed E-state index contributed by atoms with van der Waals surface area (Å²) in [7, 11) is 0. The van der Waals surface area contributed by atoms with Gasteiger partial charge in [0, 0.05) is 23.3 Å². The Morgan fingerprint density at radius 1 is 1.44 bits per heavy atom. The molecule has 2 atom stereocenters. The Kier molecular flexibility index (Phi) is 4.96. The van der Waals surface area contributed by atoms with Crippen LogP contribution in [0.5, 0.6) is 0 Å². The minimum atomic E-state index is 0.224. The fraction of sp³-hybridized carbons (Fsp3) is 0.929. The largest absolute Gasteiger partial charge is 0.354 e. The van der Waals surface area contributed by atoms with E-state index in [0.717, 1.165) is 25.9 Å². The van der Waals surface area contributed by atoms with Crippen LogP contribution in [0.3, 0.4) is 0 Å². The highest BCUT2D eigenvalue weighted by atomic mass is 32.2. The first-order valence-corrected chi connectivity index (χ1v) is 8.44. The number of thioether (sulfide) groups is 1. The molecule has 1 heterocycles. The quantitative estimate of drug-likeness (QED) is 0.822. The maximum atomic E-state index is 12.2. The number of piperidine rings is 1. The van der Waals surface area contributed by atoms with Crippen molar-refractivity contribution in [3.05, 3.63) is 0 Å². The summed E-state index contributed by atoms with van der Waals surface area (Å²) in [6, 6.07) is 0.482. The summed E-state index contributed by atoms with van der Waals surface area (Å²) in [5, 5.41) is 6.62. The Labute approximate surface area is 115 Å². The highest BCUT2D eigenvalue weighted by Gasteiger charge is 2.34. The van der Waals surface area contributed by atoms with Gasteiger partial charge in [0.15, 0.2) is 0 Å². The average Bonchev–Trinajstić information content (AvgIpc) is 2.85. The molecule has 2 unspecified atom stereocenters. The van der Waals surface area contributed by atoms with Gasteiger partial charge in [-0.1, -0.05) is 12.8 Å². The molecule has 0 bridgehead atoms. The third-order valence-corrected chi connectivity index (χ3v) is 5.95. The van der Waals surface area contributed by atoms with Crippen molar-refractivity contribution in [2.75, 3.05) is 19.3 Å². The molecule has 2 N–H and O–H groups in total. The van der Waals surface area contributed by atoms with Crippen LogP contribution in [-0.4, -0.2) is 36.0 Å². The Balaban J connectivity index is 1.80. The smallest absolute Gasteiger partial charge is 0.223 e. The predicted molar refractivity (Wildman–Crippen MR) is 77.9 cm³/mol. The second-order valence-corrected chi connectivity index (χ2v) is 7.16. The first kappa shape index (κ1) is 14.2. The van der Waals surface area contributed by atoms with Crippen molar-refractivity contribution in [2.45, 2.75) is 56.2 Å². The molecule has 0 aromatic carbocycles. The lowest BCUT2D eigenvalue weighted by atomic mass is 9.92. The molecule has 1 aliphatic heterocycles. The maximum Gasteiger partial charge on any atom is 0.223 e. The van der Waals surface area contributed by atoms with E-state index in [1.54, 1.807) is 0 Å². The van der Waals surface area contributed by atoms with Crippen LogP contribution in [0.1, 0.15) is 45.4 Å². The molecular weight excluding hydrogens is 244 g/mol. The van der Waals surface area contributed by atoms with Crippen LogP contribution in [0.25, 0.3) is 0 Å². The lowest BCUT2D eigenvalue weighted by Gasteiger charge is -2.30. The molecule has 1 amide bonds. The number of carbonyl (C=O) groups is 1. The minimum Gasteiger partial charge on any atom is -0.354 e. The summed E-state index contributed by atoms with van der Waals surface area (Å²) in [6.07, 6.45) is 9.32. The van der Waals surface area contributed by atoms with Crippen LogP contribution in [0, 0.1) is 5.92 Å². The fourth-order valence-corrected chi connectivity index (χ4v) is 4.15. The zero-order chi connectivity index (χ0) is 13.0. The van der Waals surface area contributed by atoms with Crippen molar-refractivity contribution in [1.29, 1.82) is 0 Å². The Bertz CT molecular complexity index is 290. The van der Waals surface area contributed by atoms with Gasteiger partial charge in [-0.15, -0.1) is 0 Å². The van der Waals surface area contributed by atoms with E-state index < -0.39 is 0 Å². The molecule has 1 saturated heterocycles. The van der Waals surface area contributed by atoms with Crippen molar-refractivity contribution in [3.8, 4) is 0 Å². The third kappa shape index (κ3) is 3.41. The van der Waals surface area contributed by atoms with Gasteiger partial charge in [-0.2, -0.15) is 11.8 Å². The normalized spacial score (nSPS) is 31.2. The van der Waals surface area contributed by atoms with E-state index in [0.29, 0.717) is 10.8 Å². The van der Waals surface area contributed by atoms with Crippen LogP contribution in [0.4, 0.5) is 0 Å². The number of hydrogen-bond donors (Lipinski definition) is 2. The van der Waals surface area contributed by atoms with Gasteiger partial charge in [0.05, 0.1) is 0 Å². The first-order valence-electron chi connectivity index (χ1n) is 7.21. The zero-order valence-corrected chi connectivity index (χ0v) is 12.4.